The summed E-state index contributed by atoms with van der Waals surface area (Å²) in [4.78, 5) is 0. The van der Waals surface area contributed by atoms with Crippen LogP contribution in [0.1, 0.15) is 49.7 Å². The van der Waals surface area contributed by atoms with Crippen LogP contribution in [0.4, 0.5) is 4.39 Å². The first-order chi connectivity index (χ1) is 8.79. The van der Waals surface area contributed by atoms with Crippen LogP contribution in [0, 0.1) is 5.82 Å². The molecule has 1 fully saturated rings. The van der Waals surface area contributed by atoms with Gasteiger partial charge in [-0.2, -0.15) is 0 Å². The van der Waals surface area contributed by atoms with E-state index in [0.29, 0.717) is 11.6 Å². The Balaban J connectivity index is 1.88. The van der Waals surface area contributed by atoms with Crippen LogP contribution >= 0.6 is 0 Å². The Labute approximate surface area is 108 Å². The van der Waals surface area contributed by atoms with Crippen molar-refractivity contribution in [1.82, 2.24) is 5.32 Å². The number of benzene rings is 1. The number of aliphatic hydroxyl groups excluding tert-OH is 1. The van der Waals surface area contributed by atoms with Crippen LogP contribution in [0.3, 0.4) is 0 Å². The molecule has 0 atom stereocenters. The maximum Gasteiger partial charge on any atom is 0.128 e. The molecule has 18 heavy (non-hydrogen) atoms. The number of rotatable bonds is 4. The molecule has 0 spiro atoms. The zero-order chi connectivity index (χ0) is 12.8. The van der Waals surface area contributed by atoms with Gasteiger partial charge in [0.1, 0.15) is 5.82 Å². The van der Waals surface area contributed by atoms with Crippen molar-refractivity contribution in [2.75, 3.05) is 0 Å². The van der Waals surface area contributed by atoms with Crippen LogP contribution in [0.25, 0.3) is 0 Å². The third-order valence-corrected chi connectivity index (χ3v) is 3.73. The number of hydrogen-bond donors (Lipinski definition) is 2. The highest BCUT2D eigenvalue weighted by Gasteiger charge is 2.11. The van der Waals surface area contributed by atoms with E-state index >= 15 is 0 Å². The van der Waals surface area contributed by atoms with Crippen LogP contribution in [-0.2, 0) is 13.2 Å². The average Bonchev–Trinajstić information content (AvgIpc) is 2.66. The zero-order valence-corrected chi connectivity index (χ0v) is 10.8. The van der Waals surface area contributed by atoms with Crippen molar-refractivity contribution in [2.24, 2.45) is 0 Å². The third-order valence-electron chi connectivity index (χ3n) is 3.73. The molecule has 3 heteroatoms. The second-order valence-electron chi connectivity index (χ2n) is 5.15. The predicted octanol–water partition coefficient (Wildman–Crippen LogP) is 3.13. The molecule has 2 N–H and O–H groups in total. The Bertz CT molecular complexity index is 373. The average molecular weight is 251 g/mol. The number of aliphatic hydroxyl groups is 1. The second-order valence-corrected chi connectivity index (χ2v) is 5.15. The van der Waals surface area contributed by atoms with Gasteiger partial charge in [0, 0.05) is 18.2 Å². The van der Waals surface area contributed by atoms with Gasteiger partial charge in [0.15, 0.2) is 0 Å². The summed E-state index contributed by atoms with van der Waals surface area (Å²) in [5.74, 6) is -0.323. The first-order valence-corrected chi connectivity index (χ1v) is 6.91. The van der Waals surface area contributed by atoms with Gasteiger partial charge < -0.3 is 10.4 Å². The lowest BCUT2D eigenvalue weighted by Gasteiger charge is -2.16. The summed E-state index contributed by atoms with van der Waals surface area (Å²) in [7, 11) is 0. The lowest BCUT2D eigenvalue weighted by atomic mass is 10.1. The largest absolute Gasteiger partial charge is 0.392 e. The molecule has 0 aliphatic heterocycles. The van der Waals surface area contributed by atoms with Crippen LogP contribution in [0.15, 0.2) is 18.2 Å². The third kappa shape index (κ3) is 3.79. The normalized spacial score (nSPS) is 17.7. The van der Waals surface area contributed by atoms with Crippen molar-refractivity contribution in [2.45, 2.75) is 57.7 Å². The van der Waals surface area contributed by atoms with Gasteiger partial charge in [0.2, 0.25) is 0 Å². The standard InChI is InChI=1S/C15H22FNO/c16-15-8-7-12(9-13(15)11-18)10-17-14-5-3-1-2-4-6-14/h7-9,14,17-18H,1-6,10-11H2. The molecule has 0 heterocycles. The van der Waals surface area contributed by atoms with E-state index in [1.54, 1.807) is 12.1 Å². The summed E-state index contributed by atoms with van der Waals surface area (Å²) < 4.78 is 13.2. The van der Waals surface area contributed by atoms with Gasteiger partial charge in [-0.25, -0.2) is 4.39 Å². The van der Waals surface area contributed by atoms with Gasteiger partial charge in [-0.1, -0.05) is 31.7 Å². The number of halogens is 1. The topological polar surface area (TPSA) is 32.3 Å². The summed E-state index contributed by atoms with van der Waals surface area (Å²) in [6.07, 6.45) is 7.81. The number of nitrogens with one attached hydrogen (secondary N) is 1. The molecule has 1 saturated carbocycles. The van der Waals surface area contributed by atoms with E-state index in [9.17, 15) is 4.39 Å². The van der Waals surface area contributed by atoms with Crippen LogP contribution < -0.4 is 5.32 Å². The van der Waals surface area contributed by atoms with E-state index in [0.717, 1.165) is 12.1 Å². The Kier molecular flexibility index (Phi) is 5.14. The molecule has 0 amide bonds. The summed E-state index contributed by atoms with van der Waals surface area (Å²) in [6.45, 7) is 0.529. The SMILES string of the molecule is OCc1cc(CNC2CCCCCC2)ccc1F. The van der Waals surface area contributed by atoms with Crippen molar-refractivity contribution < 1.29 is 9.50 Å². The molecule has 2 nitrogen and oxygen atoms in total. The fraction of sp³-hybridized carbons (Fsp3) is 0.600. The van der Waals surface area contributed by atoms with Crippen molar-refractivity contribution in [3.05, 3.63) is 35.1 Å². The molecule has 2 rings (SSSR count). The first kappa shape index (κ1) is 13.5. The molecular formula is C15H22FNO. The van der Waals surface area contributed by atoms with E-state index in [1.165, 1.54) is 44.6 Å². The molecular weight excluding hydrogens is 229 g/mol. The molecule has 0 saturated heterocycles. The van der Waals surface area contributed by atoms with E-state index in [1.807, 2.05) is 0 Å². The van der Waals surface area contributed by atoms with Gasteiger partial charge in [0.25, 0.3) is 0 Å². The molecule has 100 valence electrons. The Morgan fingerprint density at radius 2 is 1.89 bits per heavy atom. The van der Waals surface area contributed by atoms with Crippen molar-refractivity contribution in [3.63, 3.8) is 0 Å². The van der Waals surface area contributed by atoms with E-state index in [4.69, 9.17) is 5.11 Å². The first-order valence-electron chi connectivity index (χ1n) is 6.91. The Morgan fingerprint density at radius 3 is 2.56 bits per heavy atom. The highest BCUT2D eigenvalue weighted by molar-refractivity contribution is 5.24. The van der Waals surface area contributed by atoms with Gasteiger partial charge >= 0.3 is 0 Å². The van der Waals surface area contributed by atoms with Crippen LogP contribution in [-0.4, -0.2) is 11.1 Å². The Morgan fingerprint density at radius 1 is 1.17 bits per heavy atom. The predicted molar refractivity (Wildman–Crippen MR) is 70.7 cm³/mol. The van der Waals surface area contributed by atoms with E-state index < -0.39 is 0 Å². The Hall–Kier alpha value is -0.930. The number of hydrogen-bond acceptors (Lipinski definition) is 2. The van der Waals surface area contributed by atoms with Gasteiger partial charge in [-0.05, 0) is 30.5 Å². The molecule has 0 radical (unpaired) electrons. The van der Waals surface area contributed by atoms with Crippen LogP contribution in [0.5, 0.6) is 0 Å². The molecule has 1 aliphatic carbocycles. The second kappa shape index (κ2) is 6.86. The highest BCUT2D eigenvalue weighted by atomic mass is 19.1. The summed E-state index contributed by atoms with van der Waals surface area (Å²) in [5.41, 5.74) is 1.43. The molecule has 0 aromatic heterocycles. The van der Waals surface area contributed by atoms with Gasteiger partial charge in [0.05, 0.1) is 6.61 Å². The molecule has 0 bridgehead atoms. The molecule has 1 aliphatic rings. The fourth-order valence-corrected chi connectivity index (χ4v) is 2.60. The fourth-order valence-electron chi connectivity index (χ4n) is 2.60. The van der Waals surface area contributed by atoms with Crippen molar-refractivity contribution in [3.8, 4) is 0 Å². The van der Waals surface area contributed by atoms with Crippen molar-refractivity contribution >= 4 is 0 Å². The van der Waals surface area contributed by atoms with Crippen LogP contribution in [0.2, 0.25) is 0 Å². The quantitative estimate of drug-likeness (QED) is 0.806. The van der Waals surface area contributed by atoms with Crippen molar-refractivity contribution in [1.29, 1.82) is 0 Å². The minimum Gasteiger partial charge on any atom is -0.392 e. The smallest absolute Gasteiger partial charge is 0.128 e. The monoisotopic (exact) mass is 251 g/mol. The minimum atomic E-state index is -0.323. The molecule has 0 unspecified atom stereocenters. The lowest BCUT2D eigenvalue weighted by molar-refractivity contribution is 0.275. The van der Waals surface area contributed by atoms with E-state index in [2.05, 4.69) is 5.32 Å². The lowest BCUT2D eigenvalue weighted by Crippen LogP contribution is -2.27. The highest BCUT2D eigenvalue weighted by Crippen LogP contribution is 2.18. The summed E-state index contributed by atoms with van der Waals surface area (Å²) in [5, 5.41) is 12.6. The minimum absolute atomic E-state index is 0.233. The summed E-state index contributed by atoms with van der Waals surface area (Å²) in [6, 6.07) is 5.57. The maximum absolute atomic E-state index is 13.2. The molecule has 1 aromatic carbocycles. The molecule has 1 aromatic rings. The van der Waals surface area contributed by atoms with E-state index in [-0.39, 0.29) is 12.4 Å². The van der Waals surface area contributed by atoms with Gasteiger partial charge in [-0.3, -0.25) is 0 Å². The van der Waals surface area contributed by atoms with Gasteiger partial charge in [-0.15, -0.1) is 0 Å². The summed E-state index contributed by atoms with van der Waals surface area (Å²) >= 11 is 0. The zero-order valence-electron chi connectivity index (χ0n) is 10.8. The maximum atomic E-state index is 13.2.